The molecular formula is C18H22N4O3. The third-order valence-electron chi connectivity index (χ3n) is 4.15. The summed E-state index contributed by atoms with van der Waals surface area (Å²) < 4.78 is 11.0. The minimum Gasteiger partial charge on any atom is -0.481 e. The van der Waals surface area contributed by atoms with Crippen molar-refractivity contribution in [3.63, 3.8) is 0 Å². The molecule has 3 rings (SSSR count). The summed E-state index contributed by atoms with van der Waals surface area (Å²) in [6.07, 6.45) is 3.16. The number of methoxy groups -OCH3 is 1. The van der Waals surface area contributed by atoms with Gasteiger partial charge in [-0.15, -0.1) is 0 Å². The number of ether oxygens (including phenoxy) is 2. The molecule has 0 atom stereocenters. The maximum Gasteiger partial charge on any atom is 0.255 e. The van der Waals surface area contributed by atoms with Crippen LogP contribution in [0.3, 0.4) is 0 Å². The quantitative estimate of drug-likeness (QED) is 0.847. The fourth-order valence-corrected chi connectivity index (χ4v) is 2.90. The van der Waals surface area contributed by atoms with E-state index in [1.54, 1.807) is 25.4 Å². The monoisotopic (exact) mass is 342 g/mol. The maximum atomic E-state index is 12.5. The molecule has 1 amide bonds. The molecule has 7 heteroatoms. The van der Waals surface area contributed by atoms with Crippen LogP contribution in [0.4, 0.5) is 0 Å². The average molecular weight is 342 g/mol. The van der Waals surface area contributed by atoms with Crippen LogP contribution in [0.5, 0.6) is 11.8 Å². The second-order valence-corrected chi connectivity index (χ2v) is 6.09. The van der Waals surface area contributed by atoms with Gasteiger partial charge in [0.25, 0.3) is 5.91 Å². The molecule has 0 unspecified atom stereocenters. The standard InChI is InChI=1S/C18H22N4O3/c1-12-10-17(21-13(2)20-12)25-15-6-8-22(9-7-15)18(23)14-4-5-16(24-3)19-11-14/h4-5,10-11,15H,6-9H2,1-3H3. The van der Waals surface area contributed by atoms with E-state index in [0.717, 1.165) is 18.5 Å². The smallest absolute Gasteiger partial charge is 0.255 e. The van der Waals surface area contributed by atoms with Gasteiger partial charge in [-0.05, 0) is 19.9 Å². The van der Waals surface area contributed by atoms with E-state index in [2.05, 4.69) is 15.0 Å². The largest absolute Gasteiger partial charge is 0.481 e. The van der Waals surface area contributed by atoms with Crippen LogP contribution in [0, 0.1) is 13.8 Å². The Labute approximate surface area is 147 Å². The highest BCUT2D eigenvalue weighted by atomic mass is 16.5. The van der Waals surface area contributed by atoms with Gasteiger partial charge in [0, 0.05) is 50.0 Å². The predicted octanol–water partition coefficient (Wildman–Crippen LogP) is 2.18. The molecule has 132 valence electrons. The van der Waals surface area contributed by atoms with Gasteiger partial charge in [0.15, 0.2) is 0 Å². The molecule has 0 bridgehead atoms. The maximum absolute atomic E-state index is 12.5. The number of rotatable bonds is 4. The number of nitrogens with zero attached hydrogens (tertiary/aromatic N) is 4. The van der Waals surface area contributed by atoms with Crippen molar-refractivity contribution in [2.75, 3.05) is 20.2 Å². The SMILES string of the molecule is COc1ccc(C(=O)N2CCC(Oc3cc(C)nc(C)n3)CC2)cn1. The zero-order valence-electron chi connectivity index (χ0n) is 14.7. The first kappa shape index (κ1) is 17.1. The second-order valence-electron chi connectivity index (χ2n) is 6.09. The number of carbonyl (C=O) groups is 1. The molecule has 0 radical (unpaired) electrons. The molecule has 1 aliphatic heterocycles. The summed E-state index contributed by atoms with van der Waals surface area (Å²) in [5, 5.41) is 0. The number of likely N-dealkylation sites (tertiary alicyclic amines) is 1. The van der Waals surface area contributed by atoms with E-state index in [-0.39, 0.29) is 12.0 Å². The van der Waals surface area contributed by atoms with Crippen molar-refractivity contribution in [3.05, 3.63) is 41.5 Å². The lowest BCUT2D eigenvalue weighted by atomic mass is 10.1. The number of hydrogen-bond donors (Lipinski definition) is 0. The van der Waals surface area contributed by atoms with E-state index >= 15 is 0 Å². The highest BCUT2D eigenvalue weighted by Gasteiger charge is 2.25. The van der Waals surface area contributed by atoms with Crippen molar-refractivity contribution in [2.24, 2.45) is 0 Å². The van der Waals surface area contributed by atoms with Gasteiger partial charge in [0.05, 0.1) is 12.7 Å². The minimum absolute atomic E-state index is 0.0117. The number of pyridine rings is 1. The average Bonchev–Trinajstić information content (AvgIpc) is 2.61. The van der Waals surface area contributed by atoms with Gasteiger partial charge in [-0.2, -0.15) is 4.98 Å². The van der Waals surface area contributed by atoms with Gasteiger partial charge in [0.2, 0.25) is 11.8 Å². The first-order valence-electron chi connectivity index (χ1n) is 8.33. The molecular weight excluding hydrogens is 320 g/mol. The van der Waals surface area contributed by atoms with Crippen LogP contribution < -0.4 is 9.47 Å². The van der Waals surface area contributed by atoms with Crippen molar-refractivity contribution >= 4 is 5.91 Å². The molecule has 3 heterocycles. The van der Waals surface area contributed by atoms with Crippen LogP contribution in [0.15, 0.2) is 24.4 Å². The molecule has 0 saturated carbocycles. The molecule has 25 heavy (non-hydrogen) atoms. The van der Waals surface area contributed by atoms with E-state index in [4.69, 9.17) is 9.47 Å². The molecule has 1 aliphatic rings. The number of aryl methyl sites for hydroxylation is 2. The highest BCUT2D eigenvalue weighted by molar-refractivity contribution is 5.94. The minimum atomic E-state index is -0.0117. The zero-order valence-corrected chi connectivity index (χ0v) is 14.7. The highest BCUT2D eigenvalue weighted by Crippen LogP contribution is 2.20. The number of carbonyl (C=O) groups excluding carboxylic acids is 1. The Bertz CT molecular complexity index is 720. The Morgan fingerprint density at radius 2 is 1.92 bits per heavy atom. The molecule has 2 aromatic rings. The van der Waals surface area contributed by atoms with E-state index in [1.165, 1.54) is 0 Å². The van der Waals surface area contributed by atoms with Gasteiger partial charge in [-0.25, -0.2) is 9.97 Å². The normalized spacial score (nSPS) is 15.1. The van der Waals surface area contributed by atoms with Gasteiger partial charge in [-0.1, -0.05) is 0 Å². The summed E-state index contributed by atoms with van der Waals surface area (Å²) in [5.74, 6) is 1.80. The topological polar surface area (TPSA) is 77.4 Å². The molecule has 7 nitrogen and oxygen atoms in total. The van der Waals surface area contributed by atoms with Crippen LogP contribution >= 0.6 is 0 Å². The molecule has 0 spiro atoms. The predicted molar refractivity (Wildman–Crippen MR) is 91.8 cm³/mol. The van der Waals surface area contributed by atoms with Gasteiger partial charge >= 0.3 is 0 Å². The summed E-state index contributed by atoms with van der Waals surface area (Å²) >= 11 is 0. The molecule has 0 N–H and O–H groups in total. The Balaban J connectivity index is 1.56. The third-order valence-corrected chi connectivity index (χ3v) is 4.15. The first-order valence-corrected chi connectivity index (χ1v) is 8.33. The molecule has 0 aromatic carbocycles. The van der Waals surface area contributed by atoms with E-state index in [1.807, 2.05) is 24.8 Å². The zero-order chi connectivity index (χ0) is 17.8. The number of hydrogen-bond acceptors (Lipinski definition) is 6. The van der Waals surface area contributed by atoms with Crippen molar-refractivity contribution in [2.45, 2.75) is 32.8 Å². The lowest BCUT2D eigenvalue weighted by Gasteiger charge is -2.32. The Hall–Kier alpha value is -2.70. The van der Waals surface area contributed by atoms with Crippen molar-refractivity contribution in [1.82, 2.24) is 19.9 Å². The van der Waals surface area contributed by atoms with Crippen molar-refractivity contribution in [3.8, 4) is 11.8 Å². The molecule has 1 fully saturated rings. The summed E-state index contributed by atoms with van der Waals surface area (Å²) in [6.45, 7) is 5.08. The molecule has 0 aliphatic carbocycles. The van der Waals surface area contributed by atoms with E-state index < -0.39 is 0 Å². The molecule has 1 saturated heterocycles. The number of piperidine rings is 1. The van der Waals surface area contributed by atoms with E-state index in [9.17, 15) is 4.79 Å². The summed E-state index contributed by atoms with van der Waals surface area (Å²) in [7, 11) is 1.55. The Morgan fingerprint density at radius 1 is 1.16 bits per heavy atom. The number of amides is 1. The lowest BCUT2D eigenvalue weighted by Crippen LogP contribution is -2.41. The number of aromatic nitrogens is 3. The van der Waals surface area contributed by atoms with Gasteiger partial charge in [-0.3, -0.25) is 4.79 Å². The second kappa shape index (κ2) is 7.46. The van der Waals surface area contributed by atoms with Crippen LogP contribution in [0.25, 0.3) is 0 Å². The van der Waals surface area contributed by atoms with Crippen molar-refractivity contribution in [1.29, 1.82) is 0 Å². The van der Waals surface area contributed by atoms with Gasteiger partial charge in [0.1, 0.15) is 11.9 Å². The van der Waals surface area contributed by atoms with Gasteiger partial charge < -0.3 is 14.4 Å². The third kappa shape index (κ3) is 4.23. The fourth-order valence-electron chi connectivity index (χ4n) is 2.90. The summed E-state index contributed by atoms with van der Waals surface area (Å²) in [5.41, 5.74) is 1.46. The summed E-state index contributed by atoms with van der Waals surface area (Å²) in [6, 6.07) is 5.28. The van der Waals surface area contributed by atoms with Crippen LogP contribution in [-0.4, -0.2) is 52.1 Å². The first-order chi connectivity index (χ1) is 12.0. The van der Waals surface area contributed by atoms with Crippen LogP contribution in [0.1, 0.15) is 34.7 Å². The van der Waals surface area contributed by atoms with Crippen LogP contribution in [0.2, 0.25) is 0 Å². The fraction of sp³-hybridized carbons (Fsp3) is 0.444. The van der Waals surface area contributed by atoms with E-state index in [0.29, 0.717) is 36.2 Å². The summed E-state index contributed by atoms with van der Waals surface area (Å²) in [4.78, 5) is 27.0. The van der Waals surface area contributed by atoms with Crippen LogP contribution in [-0.2, 0) is 0 Å². The Morgan fingerprint density at radius 3 is 2.52 bits per heavy atom. The Kier molecular flexibility index (Phi) is 5.11. The van der Waals surface area contributed by atoms with Crippen molar-refractivity contribution < 1.29 is 14.3 Å². The molecule has 2 aromatic heterocycles. The lowest BCUT2D eigenvalue weighted by molar-refractivity contribution is 0.0587.